The molecule has 0 atom stereocenters. The molecule has 0 saturated heterocycles. The number of aromatic nitrogens is 3. The lowest BCUT2D eigenvalue weighted by Crippen LogP contribution is -2.17. The summed E-state index contributed by atoms with van der Waals surface area (Å²) in [6, 6.07) is 7.46. The van der Waals surface area contributed by atoms with Crippen molar-refractivity contribution in [1.82, 2.24) is 14.9 Å². The molecule has 0 saturated carbocycles. The summed E-state index contributed by atoms with van der Waals surface area (Å²) in [6.07, 6.45) is 1.57. The first-order valence-electron chi connectivity index (χ1n) is 7.39. The van der Waals surface area contributed by atoms with Gasteiger partial charge in [-0.3, -0.25) is 4.79 Å². The number of nitrogens with zero attached hydrogens (tertiary/aromatic N) is 3. The minimum Gasteiger partial charge on any atom is -0.469 e. The van der Waals surface area contributed by atoms with Crippen LogP contribution in [0.2, 0.25) is 0 Å². The van der Waals surface area contributed by atoms with Crippen molar-refractivity contribution in [2.45, 2.75) is 19.0 Å². The number of halogens is 1. The number of thioether (sulfide) groups is 1. The fourth-order valence-corrected chi connectivity index (χ4v) is 3.39. The van der Waals surface area contributed by atoms with Crippen molar-refractivity contribution in [1.29, 1.82) is 0 Å². The van der Waals surface area contributed by atoms with Crippen molar-refractivity contribution < 1.29 is 9.21 Å². The molecule has 3 rings (SSSR count). The smallest absolute Gasteiger partial charge is 0.234 e. The minimum absolute atomic E-state index is 0.139. The number of carbonyl (C=O) groups is 1. The molecule has 130 valence electrons. The maximum absolute atomic E-state index is 12.2. The van der Waals surface area contributed by atoms with Crippen molar-refractivity contribution in [3.8, 4) is 11.4 Å². The molecule has 2 heterocycles. The van der Waals surface area contributed by atoms with Crippen LogP contribution in [0.25, 0.3) is 11.4 Å². The maximum atomic E-state index is 12.2. The molecule has 0 aliphatic rings. The van der Waals surface area contributed by atoms with E-state index >= 15 is 0 Å². The van der Waals surface area contributed by atoms with Crippen LogP contribution in [0.5, 0.6) is 0 Å². The molecule has 0 aliphatic carbocycles. The van der Waals surface area contributed by atoms with E-state index in [2.05, 4.69) is 31.4 Å². The van der Waals surface area contributed by atoms with Crippen LogP contribution in [0, 0.1) is 13.8 Å². The number of benzene rings is 1. The molecule has 2 aromatic heterocycles. The van der Waals surface area contributed by atoms with Gasteiger partial charge in [-0.25, -0.2) is 4.68 Å². The Morgan fingerprint density at radius 3 is 2.84 bits per heavy atom. The van der Waals surface area contributed by atoms with E-state index < -0.39 is 0 Å². The Morgan fingerprint density at radius 2 is 2.16 bits per heavy atom. The van der Waals surface area contributed by atoms with E-state index in [4.69, 9.17) is 10.3 Å². The number of anilines is 1. The van der Waals surface area contributed by atoms with E-state index in [0.29, 0.717) is 16.7 Å². The van der Waals surface area contributed by atoms with Crippen LogP contribution in [-0.4, -0.2) is 26.5 Å². The molecule has 1 amide bonds. The van der Waals surface area contributed by atoms with E-state index in [1.165, 1.54) is 16.4 Å². The highest BCUT2D eigenvalue weighted by molar-refractivity contribution is 9.10. The monoisotopic (exact) mass is 421 g/mol. The number of nitrogens with two attached hydrogens (primary N) is 1. The summed E-state index contributed by atoms with van der Waals surface area (Å²) in [5, 5.41) is 11.5. The third-order valence-electron chi connectivity index (χ3n) is 3.56. The van der Waals surface area contributed by atoms with Crippen molar-refractivity contribution in [2.75, 3.05) is 16.9 Å². The fourth-order valence-electron chi connectivity index (χ4n) is 2.26. The second-order valence-electron chi connectivity index (χ2n) is 5.36. The molecule has 0 fully saturated rings. The molecular formula is C16H16BrN5O2S. The largest absolute Gasteiger partial charge is 0.469 e. The zero-order valence-corrected chi connectivity index (χ0v) is 16.0. The molecule has 0 unspecified atom stereocenters. The molecule has 1 aromatic carbocycles. The van der Waals surface area contributed by atoms with Crippen LogP contribution >= 0.6 is 27.7 Å². The Labute approximate surface area is 157 Å². The van der Waals surface area contributed by atoms with Crippen molar-refractivity contribution >= 4 is 39.3 Å². The summed E-state index contributed by atoms with van der Waals surface area (Å²) in [6.45, 7) is 3.76. The molecular weight excluding hydrogens is 406 g/mol. The first-order valence-corrected chi connectivity index (χ1v) is 9.17. The van der Waals surface area contributed by atoms with Crippen LogP contribution in [0.4, 0.5) is 5.69 Å². The Bertz CT molecular complexity index is 921. The topological polar surface area (TPSA) is 99.0 Å². The number of furan rings is 1. The van der Waals surface area contributed by atoms with E-state index in [1.54, 1.807) is 12.3 Å². The zero-order chi connectivity index (χ0) is 18.0. The van der Waals surface area contributed by atoms with Gasteiger partial charge in [-0.15, -0.1) is 10.2 Å². The van der Waals surface area contributed by atoms with Crippen molar-refractivity contribution in [3.63, 3.8) is 0 Å². The van der Waals surface area contributed by atoms with Crippen molar-refractivity contribution in [2.24, 2.45) is 0 Å². The Balaban J connectivity index is 1.65. The number of nitrogens with one attached hydrogen (secondary N) is 1. The van der Waals surface area contributed by atoms with Crippen molar-refractivity contribution in [3.05, 3.63) is 46.3 Å². The van der Waals surface area contributed by atoms with Gasteiger partial charge in [0, 0.05) is 10.2 Å². The molecule has 3 N–H and O–H groups in total. The first-order chi connectivity index (χ1) is 12.0. The lowest BCUT2D eigenvalue weighted by atomic mass is 10.2. The SMILES string of the molecule is Cc1cc(Br)ccc1NC(=O)CSc1nnc(-c2ccoc2C)n1N. The van der Waals surface area contributed by atoms with Gasteiger partial charge < -0.3 is 15.6 Å². The summed E-state index contributed by atoms with van der Waals surface area (Å²) < 4.78 is 7.59. The normalized spacial score (nSPS) is 10.8. The zero-order valence-electron chi connectivity index (χ0n) is 13.6. The Morgan fingerprint density at radius 1 is 1.36 bits per heavy atom. The van der Waals surface area contributed by atoms with Gasteiger partial charge in [0.15, 0.2) is 5.82 Å². The van der Waals surface area contributed by atoms with E-state index in [-0.39, 0.29) is 11.7 Å². The quantitative estimate of drug-likeness (QED) is 0.483. The van der Waals surface area contributed by atoms with Gasteiger partial charge >= 0.3 is 0 Å². The highest BCUT2D eigenvalue weighted by Crippen LogP contribution is 2.25. The van der Waals surface area contributed by atoms with Crippen LogP contribution < -0.4 is 11.2 Å². The Kier molecular flexibility index (Phi) is 5.14. The summed E-state index contributed by atoms with van der Waals surface area (Å²) in [4.78, 5) is 12.2. The van der Waals surface area contributed by atoms with Gasteiger partial charge in [0.25, 0.3) is 0 Å². The van der Waals surface area contributed by atoms with E-state index in [0.717, 1.165) is 21.3 Å². The third kappa shape index (κ3) is 3.88. The Hall–Kier alpha value is -2.26. The first kappa shape index (κ1) is 17.6. The standard InChI is InChI=1S/C16H16BrN5O2S/c1-9-7-11(17)3-4-13(9)19-14(23)8-25-16-21-20-15(22(16)18)12-5-6-24-10(12)2/h3-7H,8,18H2,1-2H3,(H,19,23). The minimum atomic E-state index is -0.139. The van der Waals surface area contributed by atoms with Crippen LogP contribution in [-0.2, 0) is 4.79 Å². The molecule has 9 heteroatoms. The highest BCUT2D eigenvalue weighted by atomic mass is 79.9. The fraction of sp³-hybridized carbons (Fsp3) is 0.188. The number of aryl methyl sites for hydroxylation is 2. The van der Waals surface area contributed by atoms with Crippen LogP contribution in [0.1, 0.15) is 11.3 Å². The van der Waals surface area contributed by atoms with E-state index in [1.807, 2.05) is 32.0 Å². The van der Waals surface area contributed by atoms with Crippen LogP contribution in [0.3, 0.4) is 0 Å². The van der Waals surface area contributed by atoms with Gasteiger partial charge in [-0.2, -0.15) is 0 Å². The van der Waals surface area contributed by atoms with Gasteiger partial charge in [0.2, 0.25) is 11.1 Å². The third-order valence-corrected chi connectivity index (χ3v) is 5.00. The van der Waals surface area contributed by atoms with Gasteiger partial charge in [-0.05, 0) is 43.7 Å². The number of nitrogen functional groups attached to an aromatic ring is 1. The summed E-state index contributed by atoms with van der Waals surface area (Å²) >= 11 is 4.62. The predicted molar refractivity (Wildman–Crippen MR) is 101 cm³/mol. The molecule has 7 nitrogen and oxygen atoms in total. The number of hydrogen-bond acceptors (Lipinski definition) is 6. The maximum Gasteiger partial charge on any atom is 0.234 e. The predicted octanol–water partition coefficient (Wildman–Crippen LogP) is 3.36. The van der Waals surface area contributed by atoms with Crippen LogP contribution in [0.15, 0.2) is 44.6 Å². The lowest BCUT2D eigenvalue weighted by Gasteiger charge is -2.08. The van der Waals surface area contributed by atoms with Gasteiger partial charge in [-0.1, -0.05) is 27.7 Å². The number of rotatable bonds is 5. The summed E-state index contributed by atoms with van der Waals surface area (Å²) in [5.74, 6) is 7.28. The second-order valence-corrected chi connectivity index (χ2v) is 7.22. The number of hydrogen-bond donors (Lipinski definition) is 2. The lowest BCUT2D eigenvalue weighted by molar-refractivity contribution is -0.113. The highest BCUT2D eigenvalue weighted by Gasteiger charge is 2.16. The molecule has 0 aliphatic heterocycles. The van der Waals surface area contributed by atoms with E-state index in [9.17, 15) is 4.79 Å². The molecule has 0 bridgehead atoms. The number of amides is 1. The van der Waals surface area contributed by atoms with Gasteiger partial charge in [0.05, 0.1) is 17.6 Å². The second kappa shape index (κ2) is 7.32. The summed E-state index contributed by atoms with van der Waals surface area (Å²) in [5.41, 5.74) is 2.53. The molecule has 3 aromatic rings. The van der Waals surface area contributed by atoms with Gasteiger partial charge in [0.1, 0.15) is 5.76 Å². The molecule has 0 radical (unpaired) electrons. The average molecular weight is 422 g/mol. The molecule has 25 heavy (non-hydrogen) atoms. The average Bonchev–Trinajstić information content (AvgIpc) is 3.14. The molecule has 0 spiro atoms. The summed E-state index contributed by atoms with van der Waals surface area (Å²) in [7, 11) is 0. The number of carbonyl (C=O) groups excluding carboxylic acids is 1.